The number of ether oxygens (including phenoxy) is 2. The molecule has 0 radical (unpaired) electrons. The minimum absolute atomic E-state index is 0.0868. The zero-order chi connectivity index (χ0) is 13.5. The summed E-state index contributed by atoms with van der Waals surface area (Å²) in [5.41, 5.74) is 6.52. The third-order valence-corrected chi connectivity index (χ3v) is 4.69. The molecule has 19 heavy (non-hydrogen) atoms. The molecular formula is C15H21NO3. The van der Waals surface area contributed by atoms with Gasteiger partial charge in [0, 0.05) is 12.0 Å². The zero-order valence-corrected chi connectivity index (χ0v) is 11.2. The lowest BCUT2D eigenvalue weighted by Gasteiger charge is -2.38. The smallest absolute Gasteiger partial charge is 0.119 e. The van der Waals surface area contributed by atoms with Crippen molar-refractivity contribution in [1.29, 1.82) is 0 Å². The Bertz CT molecular complexity index is 464. The summed E-state index contributed by atoms with van der Waals surface area (Å²) in [6, 6.07) is 7.59. The van der Waals surface area contributed by atoms with Gasteiger partial charge in [-0.1, -0.05) is 12.1 Å². The molecule has 4 nitrogen and oxygen atoms in total. The number of aliphatic hydroxyl groups excluding tert-OH is 1. The Morgan fingerprint density at radius 1 is 1.53 bits per heavy atom. The molecule has 104 valence electrons. The number of hydrogen-bond donors (Lipinski definition) is 2. The first kappa shape index (κ1) is 12.9. The average Bonchev–Trinajstić information content (AvgIpc) is 3.07. The molecule has 4 heteroatoms. The summed E-state index contributed by atoms with van der Waals surface area (Å²) in [5.74, 6) is 0.757. The van der Waals surface area contributed by atoms with Crippen molar-refractivity contribution >= 4 is 0 Å². The van der Waals surface area contributed by atoms with Crippen molar-refractivity contribution in [1.82, 2.24) is 0 Å². The molecule has 2 fully saturated rings. The highest BCUT2D eigenvalue weighted by atomic mass is 16.5. The maximum atomic E-state index is 10.8. The van der Waals surface area contributed by atoms with Crippen LogP contribution < -0.4 is 10.5 Å². The predicted molar refractivity (Wildman–Crippen MR) is 72.0 cm³/mol. The molecule has 3 N–H and O–H groups in total. The van der Waals surface area contributed by atoms with Gasteiger partial charge in [0.25, 0.3) is 0 Å². The first-order valence-electron chi connectivity index (χ1n) is 6.87. The van der Waals surface area contributed by atoms with Crippen LogP contribution in [0.3, 0.4) is 0 Å². The third-order valence-electron chi connectivity index (χ3n) is 4.69. The van der Waals surface area contributed by atoms with Crippen LogP contribution in [0.15, 0.2) is 24.3 Å². The van der Waals surface area contributed by atoms with Crippen LogP contribution in [-0.4, -0.2) is 31.0 Å². The average molecular weight is 263 g/mol. The predicted octanol–water partition coefficient (Wildman–Crippen LogP) is 1.62. The van der Waals surface area contributed by atoms with E-state index in [0.717, 1.165) is 30.6 Å². The van der Waals surface area contributed by atoms with Crippen molar-refractivity contribution < 1.29 is 14.6 Å². The molecular weight excluding hydrogens is 242 g/mol. The van der Waals surface area contributed by atoms with Crippen LogP contribution in [0.25, 0.3) is 0 Å². The first-order chi connectivity index (χ1) is 9.19. The first-order valence-corrected chi connectivity index (χ1v) is 6.87. The van der Waals surface area contributed by atoms with Crippen molar-refractivity contribution in [3.63, 3.8) is 0 Å². The van der Waals surface area contributed by atoms with E-state index in [2.05, 4.69) is 0 Å². The minimum Gasteiger partial charge on any atom is -0.497 e. The molecule has 2 aliphatic rings. The summed E-state index contributed by atoms with van der Waals surface area (Å²) in [5, 5.41) is 10.8. The summed E-state index contributed by atoms with van der Waals surface area (Å²) in [7, 11) is 1.63. The lowest BCUT2D eigenvalue weighted by atomic mass is 9.68. The Kier molecular flexibility index (Phi) is 3.25. The number of nitrogens with two attached hydrogens (primary N) is 1. The molecule has 3 rings (SSSR count). The number of methoxy groups -OCH3 is 1. The van der Waals surface area contributed by atoms with E-state index in [0.29, 0.717) is 6.54 Å². The van der Waals surface area contributed by atoms with Gasteiger partial charge in [-0.25, -0.2) is 0 Å². The molecule has 0 saturated carbocycles. The van der Waals surface area contributed by atoms with Gasteiger partial charge in [0.05, 0.1) is 25.4 Å². The second-order valence-corrected chi connectivity index (χ2v) is 5.64. The largest absolute Gasteiger partial charge is 0.497 e. The van der Waals surface area contributed by atoms with Gasteiger partial charge in [-0.2, -0.15) is 0 Å². The van der Waals surface area contributed by atoms with Crippen molar-refractivity contribution in [2.75, 3.05) is 13.7 Å². The van der Waals surface area contributed by atoms with E-state index in [1.165, 1.54) is 0 Å². The molecule has 1 aromatic carbocycles. The second-order valence-electron chi connectivity index (χ2n) is 5.64. The van der Waals surface area contributed by atoms with Gasteiger partial charge < -0.3 is 20.3 Å². The molecule has 1 aromatic rings. The van der Waals surface area contributed by atoms with E-state index in [9.17, 15) is 5.11 Å². The Morgan fingerprint density at radius 2 is 2.37 bits per heavy atom. The Morgan fingerprint density at radius 3 is 2.95 bits per heavy atom. The molecule has 4 unspecified atom stereocenters. The Hall–Kier alpha value is -1.10. The number of aliphatic hydroxyl groups is 1. The zero-order valence-electron chi connectivity index (χ0n) is 11.2. The van der Waals surface area contributed by atoms with Crippen LogP contribution in [0.5, 0.6) is 5.75 Å². The highest BCUT2D eigenvalue weighted by Gasteiger charge is 2.55. The lowest BCUT2D eigenvalue weighted by molar-refractivity contribution is -0.0264. The fourth-order valence-electron chi connectivity index (χ4n) is 3.59. The number of fused-ring (bicyclic) bond motifs is 2. The maximum absolute atomic E-state index is 10.8. The second kappa shape index (κ2) is 4.78. The number of benzene rings is 1. The fraction of sp³-hybridized carbons (Fsp3) is 0.600. The van der Waals surface area contributed by atoms with Crippen LogP contribution in [0.1, 0.15) is 30.9 Å². The SMILES string of the molecule is COc1cccc(C(O)C2(CN)CC3CCC2O3)c1. The van der Waals surface area contributed by atoms with E-state index >= 15 is 0 Å². The number of rotatable bonds is 4. The van der Waals surface area contributed by atoms with Crippen molar-refractivity contribution in [3.8, 4) is 5.75 Å². The molecule has 2 saturated heterocycles. The van der Waals surface area contributed by atoms with E-state index in [4.69, 9.17) is 15.2 Å². The van der Waals surface area contributed by atoms with E-state index in [1.807, 2.05) is 24.3 Å². The van der Waals surface area contributed by atoms with Crippen molar-refractivity contribution in [3.05, 3.63) is 29.8 Å². The minimum atomic E-state index is -0.595. The molecule has 0 amide bonds. The standard InChI is InChI=1S/C15H21NO3/c1-18-11-4-2-3-10(7-11)14(17)15(9-16)8-12-5-6-13(15)19-12/h2-4,7,12-14,17H,5-6,8-9,16H2,1H3. The third kappa shape index (κ3) is 1.95. The number of hydrogen-bond acceptors (Lipinski definition) is 4. The molecule has 0 spiro atoms. The molecule has 2 heterocycles. The topological polar surface area (TPSA) is 64.7 Å². The van der Waals surface area contributed by atoms with Gasteiger partial charge >= 0.3 is 0 Å². The Balaban J connectivity index is 1.91. The summed E-state index contributed by atoms with van der Waals surface area (Å²) < 4.78 is 11.1. The van der Waals surface area contributed by atoms with Crippen LogP contribution in [0.4, 0.5) is 0 Å². The molecule has 2 aliphatic heterocycles. The molecule has 0 aromatic heterocycles. The van der Waals surface area contributed by atoms with E-state index in [-0.39, 0.29) is 17.6 Å². The van der Waals surface area contributed by atoms with Gasteiger partial charge in [0.1, 0.15) is 5.75 Å². The normalized spacial score (nSPS) is 34.5. The fourth-order valence-corrected chi connectivity index (χ4v) is 3.59. The van der Waals surface area contributed by atoms with Gasteiger partial charge in [0.15, 0.2) is 0 Å². The highest BCUT2D eigenvalue weighted by Crippen LogP contribution is 2.53. The van der Waals surface area contributed by atoms with Crippen LogP contribution in [0.2, 0.25) is 0 Å². The molecule has 0 aliphatic carbocycles. The van der Waals surface area contributed by atoms with Crippen molar-refractivity contribution in [2.24, 2.45) is 11.1 Å². The monoisotopic (exact) mass is 263 g/mol. The van der Waals surface area contributed by atoms with Crippen LogP contribution in [-0.2, 0) is 4.74 Å². The summed E-state index contributed by atoms with van der Waals surface area (Å²) in [6.07, 6.45) is 2.72. The molecule has 2 bridgehead atoms. The van der Waals surface area contributed by atoms with Gasteiger partial charge in [-0.05, 0) is 37.0 Å². The quantitative estimate of drug-likeness (QED) is 0.866. The van der Waals surface area contributed by atoms with E-state index in [1.54, 1.807) is 7.11 Å². The van der Waals surface area contributed by atoms with Crippen molar-refractivity contribution in [2.45, 2.75) is 37.6 Å². The summed E-state index contributed by atoms with van der Waals surface area (Å²) in [6.45, 7) is 0.451. The van der Waals surface area contributed by atoms with Crippen LogP contribution in [0, 0.1) is 5.41 Å². The molecule has 4 atom stereocenters. The Labute approximate surface area is 113 Å². The van der Waals surface area contributed by atoms with E-state index < -0.39 is 6.10 Å². The highest BCUT2D eigenvalue weighted by molar-refractivity contribution is 5.31. The van der Waals surface area contributed by atoms with Gasteiger partial charge in [-0.3, -0.25) is 0 Å². The maximum Gasteiger partial charge on any atom is 0.119 e. The van der Waals surface area contributed by atoms with Crippen LogP contribution >= 0.6 is 0 Å². The summed E-state index contributed by atoms with van der Waals surface area (Å²) in [4.78, 5) is 0. The van der Waals surface area contributed by atoms with Gasteiger partial charge in [-0.15, -0.1) is 0 Å². The summed E-state index contributed by atoms with van der Waals surface area (Å²) >= 11 is 0. The van der Waals surface area contributed by atoms with Gasteiger partial charge in [0.2, 0.25) is 0 Å². The lowest BCUT2D eigenvalue weighted by Crippen LogP contribution is -2.44.